The summed E-state index contributed by atoms with van der Waals surface area (Å²) in [6, 6.07) is 13.7. The van der Waals surface area contributed by atoms with Gasteiger partial charge in [0.1, 0.15) is 17.7 Å². The fourth-order valence-corrected chi connectivity index (χ4v) is 3.82. The Morgan fingerprint density at radius 2 is 1.94 bits per heavy atom. The van der Waals surface area contributed by atoms with Crippen molar-refractivity contribution in [2.45, 2.75) is 18.9 Å². The summed E-state index contributed by atoms with van der Waals surface area (Å²) in [5.74, 6) is -0.675. The Balaban J connectivity index is 1.33. The predicted octanol–water partition coefficient (Wildman–Crippen LogP) is 5.33. The Labute approximate surface area is 181 Å². The molecule has 0 spiro atoms. The Hall–Kier alpha value is -3.45. The average Bonchev–Trinajstić information content (AvgIpc) is 3.13. The zero-order valence-corrected chi connectivity index (χ0v) is 16.9. The van der Waals surface area contributed by atoms with Gasteiger partial charge in [-0.05, 0) is 54.8 Å². The molecule has 1 aliphatic rings. The van der Waals surface area contributed by atoms with Crippen LogP contribution in [0.3, 0.4) is 0 Å². The molecule has 2 aromatic carbocycles. The maximum Gasteiger partial charge on any atom is 0.306 e. The predicted molar refractivity (Wildman–Crippen MR) is 115 cm³/mol. The number of aliphatic carboxylic acids is 1. The SMILES string of the molecule is O=C(O)[C@H]1C[C@@H](Oc2ccc(-c3ccc(-c4nc5ccc(Cl)cc5[nH]4)c(F)c3)cn2)C1. The number of ether oxygens (including phenoxy) is 1. The Kier molecular flexibility index (Phi) is 4.82. The monoisotopic (exact) mass is 437 g/mol. The first kappa shape index (κ1) is 19.5. The van der Waals surface area contributed by atoms with Gasteiger partial charge in [0.15, 0.2) is 0 Å². The highest BCUT2D eigenvalue weighted by molar-refractivity contribution is 6.31. The Morgan fingerprint density at radius 1 is 1.13 bits per heavy atom. The molecule has 0 bridgehead atoms. The molecular formula is C23H17ClFN3O3. The Morgan fingerprint density at radius 3 is 2.65 bits per heavy atom. The largest absolute Gasteiger partial charge is 0.481 e. The number of hydrogen-bond donors (Lipinski definition) is 2. The maximum atomic E-state index is 14.9. The third-order valence-electron chi connectivity index (χ3n) is 5.47. The second-order valence-corrected chi connectivity index (χ2v) is 8.01. The molecule has 4 aromatic rings. The summed E-state index contributed by atoms with van der Waals surface area (Å²) in [5, 5.41) is 9.51. The van der Waals surface area contributed by atoms with Gasteiger partial charge in [0, 0.05) is 22.8 Å². The van der Waals surface area contributed by atoms with Crippen LogP contribution in [-0.4, -0.2) is 32.1 Å². The molecule has 8 heteroatoms. The van der Waals surface area contributed by atoms with Crippen LogP contribution < -0.4 is 4.74 Å². The lowest BCUT2D eigenvalue weighted by Gasteiger charge is -2.31. The fourth-order valence-electron chi connectivity index (χ4n) is 3.65. The van der Waals surface area contributed by atoms with Crippen molar-refractivity contribution in [3.05, 3.63) is 65.6 Å². The molecule has 1 saturated carbocycles. The molecule has 0 amide bonds. The van der Waals surface area contributed by atoms with Crippen LogP contribution in [0.2, 0.25) is 5.02 Å². The van der Waals surface area contributed by atoms with Gasteiger partial charge in [0.2, 0.25) is 5.88 Å². The van der Waals surface area contributed by atoms with Gasteiger partial charge in [-0.1, -0.05) is 17.7 Å². The fraction of sp³-hybridized carbons (Fsp3) is 0.174. The normalized spacial score (nSPS) is 18.0. The van der Waals surface area contributed by atoms with Crippen molar-refractivity contribution in [2.75, 3.05) is 0 Å². The topological polar surface area (TPSA) is 88.1 Å². The van der Waals surface area contributed by atoms with E-state index in [1.807, 2.05) is 0 Å². The van der Waals surface area contributed by atoms with Crippen LogP contribution in [0.5, 0.6) is 5.88 Å². The third kappa shape index (κ3) is 3.84. The van der Waals surface area contributed by atoms with Gasteiger partial charge in [-0.15, -0.1) is 0 Å². The number of H-pyrrole nitrogens is 1. The number of halogens is 2. The summed E-state index contributed by atoms with van der Waals surface area (Å²) in [4.78, 5) is 22.7. The molecule has 1 aliphatic carbocycles. The number of nitrogens with zero attached hydrogens (tertiary/aromatic N) is 2. The number of carbonyl (C=O) groups is 1. The van der Waals surface area contributed by atoms with Gasteiger partial charge in [0.05, 0.1) is 22.5 Å². The highest BCUT2D eigenvalue weighted by atomic mass is 35.5. The summed E-state index contributed by atoms with van der Waals surface area (Å²) in [6.07, 6.45) is 2.45. The number of rotatable bonds is 5. The molecule has 0 aliphatic heterocycles. The van der Waals surface area contributed by atoms with Gasteiger partial charge >= 0.3 is 5.97 Å². The molecule has 0 saturated heterocycles. The lowest BCUT2D eigenvalue weighted by Crippen LogP contribution is -2.38. The number of aromatic amines is 1. The summed E-state index contributed by atoms with van der Waals surface area (Å²) < 4.78 is 20.5. The van der Waals surface area contributed by atoms with Crippen molar-refractivity contribution >= 4 is 28.6 Å². The number of fused-ring (bicyclic) bond motifs is 1. The van der Waals surface area contributed by atoms with Crippen molar-refractivity contribution < 1.29 is 19.0 Å². The molecule has 6 nitrogen and oxygen atoms in total. The molecular weight excluding hydrogens is 421 g/mol. The second kappa shape index (κ2) is 7.67. The minimum atomic E-state index is -0.792. The highest BCUT2D eigenvalue weighted by Crippen LogP contribution is 2.32. The van der Waals surface area contributed by atoms with Gasteiger partial charge in [0.25, 0.3) is 0 Å². The van der Waals surface area contributed by atoms with E-state index in [1.54, 1.807) is 48.7 Å². The number of pyridine rings is 1. The first-order valence-corrected chi connectivity index (χ1v) is 10.1. The number of imidazole rings is 1. The molecule has 31 heavy (non-hydrogen) atoms. The smallest absolute Gasteiger partial charge is 0.306 e. The van der Waals surface area contributed by atoms with Gasteiger partial charge in [-0.2, -0.15) is 0 Å². The van der Waals surface area contributed by atoms with E-state index in [9.17, 15) is 9.18 Å². The van der Waals surface area contributed by atoms with E-state index in [2.05, 4.69) is 15.0 Å². The van der Waals surface area contributed by atoms with E-state index < -0.39 is 11.8 Å². The van der Waals surface area contributed by atoms with Crippen LogP contribution in [0.4, 0.5) is 4.39 Å². The molecule has 1 fully saturated rings. The van der Waals surface area contributed by atoms with Crippen molar-refractivity contribution in [2.24, 2.45) is 5.92 Å². The van der Waals surface area contributed by atoms with E-state index in [0.29, 0.717) is 46.2 Å². The number of nitrogens with one attached hydrogen (secondary N) is 1. The van der Waals surface area contributed by atoms with Crippen LogP contribution >= 0.6 is 11.6 Å². The molecule has 0 atom stereocenters. The number of carboxylic acid groups (broad SMARTS) is 1. The second-order valence-electron chi connectivity index (χ2n) is 7.57. The summed E-state index contributed by atoms with van der Waals surface area (Å²) in [5.41, 5.74) is 3.23. The highest BCUT2D eigenvalue weighted by Gasteiger charge is 2.36. The number of hydrogen-bond acceptors (Lipinski definition) is 4. The minimum absolute atomic E-state index is 0.130. The lowest BCUT2D eigenvalue weighted by atomic mass is 9.82. The van der Waals surface area contributed by atoms with Gasteiger partial charge in [-0.3, -0.25) is 4.79 Å². The van der Waals surface area contributed by atoms with E-state index in [-0.39, 0.29) is 12.0 Å². The number of aromatic nitrogens is 3. The van der Waals surface area contributed by atoms with Crippen molar-refractivity contribution in [3.8, 4) is 28.4 Å². The van der Waals surface area contributed by atoms with Crippen molar-refractivity contribution in [3.63, 3.8) is 0 Å². The quantitative estimate of drug-likeness (QED) is 0.440. The maximum absolute atomic E-state index is 14.9. The molecule has 0 radical (unpaired) electrons. The minimum Gasteiger partial charge on any atom is -0.481 e. The number of benzene rings is 2. The Bertz CT molecular complexity index is 1280. The van der Waals surface area contributed by atoms with Crippen LogP contribution in [0, 0.1) is 11.7 Å². The van der Waals surface area contributed by atoms with Crippen LogP contribution in [-0.2, 0) is 4.79 Å². The molecule has 0 unspecified atom stereocenters. The molecule has 2 heterocycles. The standard InChI is InChI=1S/C23H17ClFN3O3/c24-15-3-5-19-20(10-15)28-22(27-19)17-4-1-12(9-18(17)25)13-2-6-21(26-11-13)31-16-7-14(8-16)23(29)30/h1-6,9-11,14,16H,7-8H2,(H,27,28)(H,29,30)/t14-,16+. The lowest BCUT2D eigenvalue weighted by molar-refractivity contribution is -0.148. The van der Waals surface area contributed by atoms with E-state index in [1.165, 1.54) is 6.07 Å². The van der Waals surface area contributed by atoms with Crippen molar-refractivity contribution in [1.29, 1.82) is 0 Å². The van der Waals surface area contributed by atoms with Crippen LogP contribution in [0.15, 0.2) is 54.7 Å². The zero-order chi connectivity index (χ0) is 21.5. The van der Waals surface area contributed by atoms with Gasteiger partial charge < -0.3 is 14.8 Å². The third-order valence-corrected chi connectivity index (χ3v) is 5.70. The first-order valence-electron chi connectivity index (χ1n) is 9.77. The average molecular weight is 438 g/mol. The molecule has 156 valence electrons. The van der Waals surface area contributed by atoms with E-state index in [0.717, 1.165) is 11.1 Å². The first-order chi connectivity index (χ1) is 15.0. The zero-order valence-electron chi connectivity index (χ0n) is 16.2. The summed E-state index contributed by atoms with van der Waals surface area (Å²) in [7, 11) is 0. The molecule has 5 rings (SSSR count). The summed E-state index contributed by atoms with van der Waals surface area (Å²) >= 11 is 6.00. The number of carboxylic acids is 1. The van der Waals surface area contributed by atoms with E-state index >= 15 is 0 Å². The molecule has 2 aromatic heterocycles. The summed E-state index contributed by atoms with van der Waals surface area (Å²) in [6.45, 7) is 0. The molecule has 2 N–H and O–H groups in total. The van der Waals surface area contributed by atoms with Crippen LogP contribution in [0.1, 0.15) is 12.8 Å². The van der Waals surface area contributed by atoms with E-state index in [4.69, 9.17) is 21.4 Å². The van der Waals surface area contributed by atoms with Gasteiger partial charge in [-0.25, -0.2) is 14.4 Å². The van der Waals surface area contributed by atoms with Crippen LogP contribution in [0.25, 0.3) is 33.5 Å². The van der Waals surface area contributed by atoms with Crippen molar-refractivity contribution in [1.82, 2.24) is 15.0 Å².